The number of aromatic nitrogens is 3. The fraction of sp³-hybridized carbons (Fsp3) is 0. The Labute approximate surface area is 97.5 Å². The van der Waals surface area contributed by atoms with Crippen LogP contribution >= 0.6 is 0 Å². The lowest BCUT2D eigenvalue weighted by molar-refractivity contribution is 0.111. The van der Waals surface area contributed by atoms with Gasteiger partial charge in [-0.2, -0.15) is 5.10 Å². The molecule has 0 saturated heterocycles. The first-order chi connectivity index (χ1) is 8.40. The van der Waals surface area contributed by atoms with E-state index in [4.69, 9.17) is 0 Å². The predicted molar refractivity (Wildman–Crippen MR) is 64.3 cm³/mol. The second-order valence-electron chi connectivity index (χ2n) is 3.64. The molecule has 0 bridgehead atoms. The van der Waals surface area contributed by atoms with Crippen LogP contribution < -0.4 is 0 Å². The number of nitrogens with zero attached hydrogens (tertiary/aromatic N) is 3. The first kappa shape index (κ1) is 9.72. The van der Waals surface area contributed by atoms with E-state index in [1.807, 2.05) is 30.3 Å². The molecule has 1 aromatic carbocycles. The van der Waals surface area contributed by atoms with Crippen molar-refractivity contribution in [2.24, 2.45) is 0 Å². The van der Waals surface area contributed by atoms with Crippen LogP contribution in [0.15, 0.2) is 48.8 Å². The van der Waals surface area contributed by atoms with E-state index in [2.05, 4.69) is 10.1 Å². The fourth-order valence-electron chi connectivity index (χ4n) is 1.84. The molecule has 4 nitrogen and oxygen atoms in total. The molecule has 0 radical (unpaired) electrons. The van der Waals surface area contributed by atoms with Crippen molar-refractivity contribution in [2.75, 3.05) is 0 Å². The highest BCUT2D eigenvalue weighted by Crippen LogP contribution is 2.18. The molecule has 3 rings (SSSR count). The Morgan fingerprint density at radius 3 is 2.88 bits per heavy atom. The number of para-hydroxylation sites is 1. The van der Waals surface area contributed by atoms with Crippen molar-refractivity contribution < 1.29 is 4.79 Å². The lowest BCUT2D eigenvalue weighted by atomic mass is 10.2. The van der Waals surface area contributed by atoms with Crippen molar-refractivity contribution in [2.45, 2.75) is 0 Å². The summed E-state index contributed by atoms with van der Waals surface area (Å²) in [5, 5.41) is 5.33. The molecule has 2 heterocycles. The van der Waals surface area contributed by atoms with Gasteiger partial charge in [0, 0.05) is 11.6 Å². The average Bonchev–Trinajstić information content (AvgIpc) is 2.82. The number of benzene rings is 1. The maximum absolute atomic E-state index is 11.0. The van der Waals surface area contributed by atoms with Crippen LogP contribution in [0.3, 0.4) is 0 Å². The molecule has 0 aliphatic rings. The van der Waals surface area contributed by atoms with E-state index in [-0.39, 0.29) is 0 Å². The van der Waals surface area contributed by atoms with Gasteiger partial charge in [0.25, 0.3) is 0 Å². The van der Waals surface area contributed by atoms with E-state index in [0.717, 1.165) is 17.2 Å². The van der Waals surface area contributed by atoms with E-state index in [9.17, 15) is 4.79 Å². The minimum Gasteiger partial charge on any atom is -0.296 e. The van der Waals surface area contributed by atoms with Crippen LogP contribution in [-0.2, 0) is 0 Å². The van der Waals surface area contributed by atoms with Gasteiger partial charge in [-0.1, -0.05) is 18.2 Å². The Bertz CT molecular complexity index is 688. The minimum absolute atomic E-state index is 0.390. The number of hydrogen-bond acceptors (Lipinski definition) is 3. The first-order valence-corrected chi connectivity index (χ1v) is 5.23. The Balaban J connectivity index is 2.31. The zero-order valence-electron chi connectivity index (χ0n) is 8.95. The highest BCUT2D eigenvalue weighted by Gasteiger charge is 2.08. The monoisotopic (exact) mass is 223 g/mol. The molecule has 2 aromatic heterocycles. The zero-order valence-corrected chi connectivity index (χ0v) is 8.95. The third kappa shape index (κ3) is 1.50. The van der Waals surface area contributed by atoms with Gasteiger partial charge in [-0.3, -0.25) is 9.78 Å². The molecule has 3 aromatic rings. The Morgan fingerprint density at radius 1 is 1.12 bits per heavy atom. The third-order valence-corrected chi connectivity index (χ3v) is 2.63. The van der Waals surface area contributed by atoms with Crippen LogP contribution in [0.2, 0.25) is 0 Å². The van der Waals surface area contributed by atoms with Gasteiger partial charge in [0.2, 0.25) is 0 Å². The molecule has 0 aliphatic carbocycles. The summed E-state index contributed by atoms with van der Waals surface area (Å²) in [5.41, 5.74) is 2.05. The lowest BCUT2D eigenvalue weighted by Gasteiger charge is -2.04. The van der Waals surface area contributed by atoms with Crippen molar-refractivity contribution in [1.82, 2.24) is 14.8 Å². The number of aldehydes is 1. The normalized spacial score (nSPS) is 10.6. The number of carbonyl (C=O) groups excluding carboxylic acids is 1. The number of carbonyl (C=O) groups is 1. The summed E-state index contributed by atoms with van der Waals surface area (Å²) in [7, 11) is 0. The number of hydrogen-bond donors (Lipinski definition) is 0. The molecule has 0 atom stereocenters. The standard InChI is InChI=1S/C13H9N3O/c17-9-11-13(6-3-7-14-11)16-12-5-2-1-4-10(12)8-15-16/h1-9H. The van der Waals surface area contributed by atoms with E-state index < -0.39 is 0 Å². The molecule has 0 fully saturated rings. The first-order valence-electron chi connectivity index (χ1n) is 5.23. The quantitative estimate of drug-likeness (QED) is 0.626. The summed E-state index contributed by atoms with van der Waals surface area (Å²) >= 11 is 0. The molecule has 82 valence electrons. The number of pyridine rings is 1. The minimum atomic E-state index is 0.390. The van der Waals surface area contributed by atoms with Crippen molar-refractivity contribution in [3.8, 4) is 5.69 Å². The van der Waals surface area contributed by atoms with Gasteiger partial charge in [-0.25, -0.2) is 4.68 Å². The van der Waals surface area contributed by atoms with Crippen LogP contribution in [0.1, 0.15) is 10.5 Å². The second kappa shape index (κ2) is 3.83. The summed E-state index contributed by atoms with van der Waals surface area (Å²) in [4.78, 5) is 15.0. The number of fused-ring (bicyclic) bond motifs is 1. The SMILES string of the molecule is O=Cc1ncccc1-n1ncc2ccccc21. The van der Waals surface area contributed by atoms with Crippen molar-refractivity contribution >= 4 is 17.2 Å². The van der Waals surface area contributed by atoms with Crippen LogP contribution in [0, 0.1) is 0 Å². The average molecular weight is 223 g/mol. The van der Waals surface area contributed by atoms with E-state index >= 15 is 0 Å². The van der Waals surface area contributed by atoms with Gasteiger partial charge in [0.05, 0.1) is 17.4 Å². The molecular formula is C13H9N3O. The number of rotatable bonds is 2. The van der Waals surface area contributed by atoms with Gasteiger partial charge in [0.1, 0.15) is 5.69 Å². The molecule has 0 N–H and O–H groups in total. The highest BCUT2D eigenvalue weighted by atomic mass is 16.1. The van der Waals surface area contributed by atoms with Crippen molar-refractivity contribution in [3.63, 3.8) is 0 Å². The van der Waals surface area contributed by atoms with Gasteiger partial charge in [-0.15, -0.1) is 0 Å². The maximum atomic E-state index is 11.0. The van der Waals surface area contributed by atoms with Gasteiger partial charge in [0.15, 0.2) is 6.29 Å². The predicted octanol–water partition coefficient (Wildman–Crippen LogP) is 2.23. The van der Waals surface area contributed by atoms with E-state index in [1.54, 1.807) is 23.1 Å². The van der Waals surface area contributed by atoms with Gasteiger partial charge >= 0.3 is 0 Å². The summed E-state index contributed by atoms with van der Waals surface area (Å²) in [5.74, 6) is 0. The zero-order chi connectivity index (χ0) is 11.7. The second-order valence-corrected chi connectivity index (χ2v) is 3.64. The molecule has 4 heteroatoms. The van der Waals surface area contributed by atoms with Gasteiger partial charge in [-0.05, 0) is 18.2 Å². The largest absolute Gasteiger partial charge is 0.296 e. The van der Waals surface area contributed by atoms with Crippen LogP contribution in [0.5, 0.6) is 0 Å². The molecular weight excluding hydrogens is 214 g/mol. The lowest BCUT2D eigenvalue weighted by Crippen LogP contribution is -2.02. The van der Waals surface area contributed by atoms with Gasteiger partial charge < -0.3 is 0 Å². The summed E-state index contributed by atoms with van der Waals surface area (Å²) in [6.07, 6.45) is 4.11. The van der Waals surface area contributed by atoms with Crippen LogP contribution in [0.25, 0.3) is 16.6 Å². The summed E-state index contributed by atoms with van der Waals surface area (Å²) in [6.45, 7) is 0. The molecule has 0 amide bonds. The van der Waals surface area contributed by atoms with Crippen LogP contribution in [0.4, 0.5) is 0 Å². The van der Waals surface area contributed by atoms with Crippen molar-refractivity contribution in [3.05, 3.63) is 54.5 Å². The Hall–Kier alpha value is -2.49. The molecule has 0 aliphatic heterocycles. The highest BCUT2D eigenvalue weighted by molar-refractivity contribution is 5.83. The molecule has 0 spiro atoms. The Kier molecular flexibility index (Phi) is 2.19. The fourth-order valence-corrected chi connectivity index (χ4v) is 1.84. The topological polar surface area (TPSA) is 47.8 Å². The Morgan fingerprint density at radius 2 is 2.00 bits per heavy atom. The maximum Gasteiger partial charge on any atom is 0.170 e. The molecule has 0 saturated carbocycles. The molecule has 0 unspecified atom stereocenters. The summed E-state index contributed by atoms with van der Waals surface area (Å²) < 4.78 is 1.73. The van der Waals surface area contributed by atoms with E-state index in [0.29, 0.717) is 11.4 Å². The molecule has 17 heavy (non-hydrogen) atoms. The van der Waals surface area contributed by atoms with Crippen LogP contribution in [-0.4, -0.2) is 21.1 Å². The van der Waals surface area contributed by atoms with E-state index in [1.165, 1.54) is 0 Å². The smallest absolute Gasteiger partial charge is 0.170 e. The summed E-state index contributed by atoms with van der Waals surface area (Å²) in [6, 6.07) is 11.5. The third-order valence-electron chi connectivity index (χ3n) is 2.63. The van der Waals surface area contributed by atoms with Crippen molar-refractivity contribution in [1.29, 1.82) is 0 Å².